The third-order valence-corrected chi connectivity index (χ3v) is 1.94. The third-order valence-electron chi connectivity index (χ3n) is 1.94. The van der Waals surface area contributed by atoms with Gasteiger partial charge in [-0.3, -0.25) is 4.68 Å². The standard InChI is InChI=1S/C7H14N4O2/c1-11-7(9)4(3-10-11)6(13)5(12)2-8/h3,5-6,12-13H,2,8-9H2,1H3. The van der Waals surface area contributed by atoms with E-state index < -0.39 is 12.2 Å². The molecule has 0 bridgehead atoms. The van der Waals surface area contributed by atoms with Crippen LogP contribution in [-0.4, -0.2) is 32.6 Å². The van der Waals surface area contributed by atoms with Gasteiger partial charge in [-0.1, -0.05) is 0 Å². The molecular weight excluding hydrogens is 172 g/mol. The fourth-order valence-corrected chi connectivity index (χ4v) is 1.03. The summed E-state index contributed by atoms with van der Waals surface area (Å²) < 4.78 is 1.42. The van der Waals surface area contributed by atoms with E-state index in [-0.39, 0.29) is 6.54 Å². The number of aliphatic hydroxyl groups excluding tert-OH is 2. The van der Waals surface area contributed by atoms with Crippen LogP contribution in [0.25, 0.3) is 0 Å². The Morgan fingerprint density at radius 3 is 2.62 bits per heavy atom. The second-order valence-corrected chi connectivity index (χ2v) is 2.86. The Bertz CT molecular complexity index is 286. The van der Waals surface area contributed by atoms with Crippen LogP contribution in [0.2, 0.25) is 0 Å². The Labute approximate surface area is 75.8 Å². The van der Waals surface area contributed by atoms with Crippen LogP contribution in [0, 0.1) is 0 Å². The molecule has 1 heterocycles. The molecule has 0 saturated carbocycles. The van der Waals surface area contributed by atoms with Crippen molar-refractivity contribution in [1.29, 1.82) is 0 Å². The predicted octanol–water partition coefficient (Wildman–Crippen LogP) is -1.64. The van der Waals surface area contributed by atoms with Gasteiger partial charge in [-0.2, -0.15) is 5.10 Å². The molecule has 1 aromatic rings. The smallest absolute Gasteiger partial charge is 0.127 e. The van der Waals surface area contributed by atoms with Gasteiger partial charge in [0.15, 0.2) is 0 Å². The van der Waals surface area contributed by atoms with Crippen molar-refractivity contribution in [3.05, 3.63) is 11.8 Å². The Kier molecular flexibility index (Phi) is 2.86. The van der Waals surface area contributed by atoms with Crippen LogP contribution in [0.15, 0.2) is 6.20 Å². The van der Waals surface area contributed by atoms with Crippen molar-refractivity contribution in [2.24, 2.45) is 12.8 Å². The topological polar surface area (TPSA) is 110 Å². The molecule has 2 atom stereocenters. The molecule has 1 aromatic heterocycles. The highest BCUT2D eigenvalue weighted by molar-refractivity contribution is 5.40. The summed E-state index contributed by atoms with van der Waals surface area (Å²) in [5, 5.41) is 22.6. The van der Waals surface area contributed by atoms with E-state index in [0.717, 1.165) is 0 Å². The van der Waals surface area contributed by atoms with Crippen LogP contribution >= 0.6 is 0 Å². The van der Waals surface area contributed by atoms with Gasteiger partial charge >= 0.3 is 0 Å². The molecule has 0 aliphatic rings. The molecular formula is C7H14N4O2. The van der Waals surface area contributed by atoms with Gasteiger partial charge in [0.2, 0.25) is 0 Å². The lowest BCUT2D eigenvalue weighted by Crippen LogP contribution is -2.27. The summed E-state index contributed by atoms with van der Waals surface area (Å²) in [4.78, 5) is 0. The zero-order chi connectivity index (χ0) is 10.0. The van der Waals surface area contributed by atoms with Gasteiger partial charge in [-0.05, 0) is 0 Å². The molecule has 0 fully saturated rings. The van der Waals surface area contributed by atoms with Crippen LogP contribution < -0.4 is 11.5 Å². The molecule has 6 heteroatoms. The SMILES string of the molecule is Cn1ncc(C(O)C(O)CN)c1N. The van der Waals surface area contributed by atoms with Crippen LogP contribution in [0.4, 0.5) is 5.82 Å². The van der Waals surface area contributed by atoms with Crippen molar-refractivity contribution in [2.75, 3.05) is 12.3 Å². The average molecular weight is 186 g/mol. The molecule has 6 nitrogen and oxygen atoms in total. The molecule has 0 radical (unpaired) electrons. The lowest BCUT2D eigenvalue weighted by Gasteiger charge is -2.14. The van der Waals surface area contributed by atoms with E-state index in [1.165, 1.54) is 10.9 Å². The van der Waals surface area contributed by atoms with Crippen molar-refractivity contribution in [3.8, 4) is 0 Å². The fraction of sp³-hybridized carbons (Fsp3) is 0.571. The van der Waals surface area contributed by atoms with E-state index in [0.29, 0.717) is 11.4 Å². The van der Waals surface area contributed by atoms with Gasteiger partial charge in [0.25, 0.3) is 0 Å². The number of hydrogen-bond donors (Lipinski definition) is 4. The molecule has 0 aliphatic carbocycles. The highest BCUT2D eigenvalue weighted by Gasteiger charge is 2.21. The minimum atomic E-state index is -1.07. The van der Waals surface area contributed by atoms with Crippen LogP contribution in [0.5, 0.6) is 0 Å². The van der Waals surface area contributed by atoms with Crippen LogP contribution in [-0.2, 0) is 7.05 Å². The maximum atomic E-state index is 9.52. The zero-order valence-electron chi connectivity index (χ0n) is 7.38. The van der Waals surface area contributed by atoms with Crippen molar-refractivity contribution in [1.82, 2.24) is 9.78 Å². The summed E-state index contributed by atoms with van der Waals surface area (Å²) in [5.74, 6) is 0.333. The van der Waals surface area contributed by atoms with Crippen LogP contribution in [0.1, 0.15) is 11.7 Å². The number of rotatable bonds is 3. The Morgan fingerprint density at radius 1 is 1.62 bits per heavy atom. The Hall–Kier alpha value is -1.11. The molecule has 74 valence electrons. The van der Waals surface area contributed by atoms with E-state index >= 15 is 0 Å². The first-order valence-electron chi connectivity index (χ1n) is 3.91. The minimum absolute atomic E-state index is 0.0184. The van der Waals surface area contributed by atoms with Crippen molar-refractivity contribution in [3.63, 3.8) is 0 Å². The summed E-state index contributed by atoms with van der Waals surface area (Å²) in [6.45, 7) is -0.0184. The number of nitrogens with two attached hydrogens (primary N) is 2. The van der Waals surface area contributed by atoms with E-state index in [1.54, 1.807) is 7.05 Å². The molecule has 0 saturated heterocycles. The number of aromatic nitrogens is 2. The first-order valence-corrected chi connectivity index (χ1v) is 3.91. The van der Waals surface area contributed by atoms with Gasteiger partial charge in [-0.25, -0.2) is 0 Å². The largest absolute Gasteiger partial charge is 0.389 e. The number of aliphatic hydroxyl groups is 2. The van der Waals surface area contributed by atoms with E-state index in [2.05, 4.69) is 5.10 Å². The maximum absolute atomic E-state index is 9.52. The summed E-state index contributed by atoms with van der Waals surface area (Å²) in [6, 6.07) is 0. The molecule has 0 aromatic carbocycles. The number of aryl methyl sites for hydroxylation is 1. The number of nitrogen functional groups attached to an aromatic ring is 1. The highest BCUT2D eigenvalue weighted by Crippen LogP contribution is 2.21. The van der Waals surface area contributed by atoms with Gasteiger partial charge in [0, 0.05) is 19.2 Å². The molecule has 0 aliphatic heterocycles. The first-order chi connectivity index (χ1) is 6.07. The molecule has 1 rings (SSSR count). The first kappa shape index (κ1) is 9.97. The number of hydrogen-bond acceptors (Lipinski definition) is 5. The summed E-state index contributed by atoms with van der Waals surface area (Å²) in [5.41, 5.74) is 11.2. The third kappa shape index (κ3) is 1.80. The number of nitrogens with zero attached hydrogens (tertiary/aromatic N) is 2. The molecule has 0 amide bonds. The van der Waals surface area contributed by atoms with Crippen molar-refractivity contribution < 1.29 is 10.2 Å². The second kappa shape index (κ2) is 3.73. The number of anilines is 1. The molecule has 13 heavy (non-hydrogen) atoms. The highest BCUT2D eigenvalue weighted by atomic mass is 16.3. The maximum Gasteiger partial charge on any atom is 0.127 e. The van der Waals surface area contributed by atoms with Gasteiger partial charge in [0.05, 0.1) is 12.3 Å². The van der Waals surface area contributed by atoms with Crippen molar-refractivity contribution >= 4 is 5.82 Å². The lowest BCUT2D eigenvalue weighted by atomic mass is 10.1. The molecule has 0 spiro atoms. The Balaban J connectivity index is 2.88. The average Bonchev–Trinajstić information content (AvgIpc) is 2.45. The van der Waals surface area contributed by atoms with Gasteiger partial charge < -0.3 is 21.7 Å². The lowest BCUT2D eigenvalue weighted by molar-refractivity contribution is 0.0247. The van der Waals surface area contributed by atoms with Crippen LogP contribution in [0.3, 0.4) is 0 Å². The minimum Gasteiger partial charge on any atom is -0.389 e. The summed E-state index contributed by atoms with van der Waals surface area (Å²) in [7, 11) is 1.65. The van der Waals surface area contributed by atoms with Crippen molar-refractivity contribution in [2.45, 2.75) is 12.2 Å². The normalized spacial score (nSPS) is 15.7. The van der Waals surface area contributed by atoms with E-state index in [1.807, 2.05) is 0 Å². The van der Waals surface area contributed by atoms with Gasteiger partial charge in [-0.15, -0.1) is 0 Å². The molecule has 2 unspecified atom stereocenters. The Morgan fingerprint density at radius 2 is 2.23 bits per heavy atom. The van der Waals surface area contributed by atoms with E-state index in [9.17, 15) is 10.2 Å². The second-order valence-electron chi connectivity index (χ2n) is 2.86. The quantitative estimate of drug-likeness (QED) is 0.452. The monoisotopic (exact) mass is 186 g/mol. The van der Waals surface area contributed by atoms with E-state index in [4.69, 9.17) is 11.5 Å². The molecule has 6 N–H and O–H groups in total. The summed E-state index contributed by atoms with van der Waals surface area (Å²) in [6.07, 6.45) is -0.663. The summed E-state index contributed by atoms with van der Waals surface area (Å²) >= 11 is 0. The predicted molar refractivity (Wildman–Crippen MR) is 47.6 cm³/mol. The fourth-order valence-electron chi connectivity index (χ4n) is 1.03. The zero-order valence-corrected chi connectivity index (χ0v) is 7.38. The van der Waals surface area contributed by atoms with Gasteiger partial charge in [0.1, 0.15) is 11.9 Å².